The first-order valence-electron chi connectivity index (χ1n) is 7.40. The van der Waals surface area contributed by atoms with Crippen molar-refractivity contribution in [3.05, 3.63) is 47.7 Å². The lowest BCUT2D eigenvalue weighted by atomic mass is 10.0. The quantitative estimate of drug-likeness (QED) is 0.852. The van der Waals surface area contributed by atoms with Crippen LogP contribution in [0.5, 0.6) is 0 Å². The van der Waals surface area contributed by atoms with E-state index in [1.165, 1.54) is 18.4 Å². The number of hydrogen-bond acceptors (Lipinski definition) is 2. The fraction of sp³-hybridized carbons (Fsp3) is 0.353. The molecule has 1 aliphatic rings. The zero-order chi connectivity index (χ0) is 15.7. The van der Waals surface area contributed by atoms with Crippen LogP contribution in [0.4, 0.5) is 18.9 Å². The first-order chi connectivity index (χ1) is 10.5. The molecule has 0 saturated heterocycles. The summed E-state index contributed by atoms with van der Waals surface area (Å²) in [6.07, 6.45) is -0.237. The number of nitrogens with zero attached hydrogens (tertiary/aromatic N) is 1. The zero-order valence-corrected chi connectivity index (χ0v) is 12.2. The van der Waals surface area contributed by atoms with Gasteiger partial charge in [-0.3, -0.25) is 4.98 Å². The Balaban J connectivity index is 1.98. The molecule has 0 unspecified atom stereocenters. The van der Waals surface area contributed by atoms with E-state index in [9.17, 15) is 13.2 Å². The molecule has 116 valence electrons. The average molecular weight is 306 g/mol. The summed E-state index contributed by atoms with van der Waals surface area (Å²) in [5.74, 6) is 0.584. The normalized spacial score (nSPS) is 14.9. The Labute approximate surface area is 127 Å². The van der Waals surface area contributed by atoms with Crippen LogP contribution in [0.1, 0.15) is 36.8 Å². The second-order valence-electron chi connectivity index (χ2n) is 5.58. The highest BCUT2D eigenvalue weighted by Crippen LogP contribution is 2.40. The molecule has 3 rings (SSSR count). The van der Waals surface area contributed by atoms with Gasteiger partial charge in [0.2, 0.25) is 0 Å². The van der Waals surface area contributed by atoms with E-state index in [1.54, 1.807) is 18.3 Å². The van der Waals surface area contributed by atoms with Crippen LogP contribution < -0.4 is 5.32 Å². The number of hydrogen-bond donors (Lipinski definition) is 1. The van der Waals surface area contributed by atoms with E-state index in [4.69, 9.17) is 0 Å². The highest BCUT2D eigenvalue weighted by molar-refractivity contribution is 5.67. The van der Waals surface area contributed by atoms with Gasteiger partial charge in [0, 0.05) is 24.0 Å². The van der Waals surface area contributed by atoms with Gasteiger partial charge in [-0.25, -0.2) is 0 Å². The summed E-state index contributed by atoms with van der Waals surface area (Å²) < 4.78 is 39.1. The molecule has 22 heavy (non-hydrogen) atoms. The minimum absolute atomic E-state index is 0.459. The van der Waals surface area contributed by atoms with Gasteiger partial charge in [-0.15, -0.1) is 0 Å². The highest BCUT2D eigenvalue weighted by Gasteiger charge is 2.31. The molecule has 2 nitrogen and oxygen atoms in total. The van der Waals surface area contributed by atoms with Crippen molar-refractivity contribution in [1.82, 2.24) is 4.98 Å². The number of alkyl halides is 3. The predicted octanol–water partition coefficient (Wildman–Crippen LogP) is 5.08. The summed E-state index contributed by atoms with van der Waals surface area (Å²) in [5.41, 5.74) is 2.01. The number of benzene rings is 1. The smallest absolute Gasteiger partial charge is 0.385 e. The van der Waals surface area contributed by atoms with Crippen molar-refractivity contribution in [3.63, 3.8) is 0 Å². The van der Waals surface area contributed by atoms with Gasteiger partial charge >= 0.3 is 6.18 Å². The Morgan fingerprint density at radius 3 is 2.50 bits per heavy atom. The summed E-state index contributed by atoms with van der Waals surface area (Å²) in [6, 6.07) is 7.76. The van der Waals surface area contributed by atoms with Crippen LogP contribution in [0.15, 0.2) is 36.5 Å². The molecule has 0 spiro atoms. The maximum Gasteiger partial charge on any atom is 0.416 e. The maximum atomic E-state index is 13.0. The minimum atomic E-state index is -4.37. The molecule has 2 aromatic rings. The van der Waals surface area contributed by atoms with E-state index in [-0.39, 0.29) is 0 Å². The lowest BCUT2D eigenvalue weighted by Crippen LogP contribution is -2.07. The van der Waals surface area contributed by atoms with Crippen molar-refractivity contribution in [2.24, 2.45) is 0 Å². The number of rotatable bonds is 4. The largest absolute Gasteiger partial charge is 0.416 e. The van der Waals surface area contributed by atoms with Crippen molar-refractivity contribution < 1.29 is 13.2 Å². The van der Waals surface area contributed by atoms with Crippen LogP contribution in [0, 0.1) is 0 Å². The number of nitrogens with one attached hydrogen (secondary N) is 1. The summed E-state index contributed by atoms with van der Waals surface area (Å²) >= 11 is 0. The third kappa shape index (κ3) is 3.24. The summed E-state index contributed by atoms with van der Waals surface area (Å²) in [7, 11) is 0. The molecule has 1 aliphatic carbocycles. The topological polar surface area (TPSA) is 24.9 Å². The summed E-state index contributed by atoms with van der Waals surface area (Å²) in [6.45, 7) is 2.41. The van der Waals surface area contributed by atoms with E-state index in [0.717, 1.165) is 12.1 Å². The molecule has 5 heteroatoms. The molecular weight excluding hydrogens is 289 g/mol. The molecule has 0 atom stereocenters. The van der Waals surface area contributed by atoms with Gasteiger partial charge in [0.05, 0.1) is 11.3 Å². The van der Waals surface area contributed by atoms with Gasteiger partial charge in [-0.1, -0.05) is 6.07 Å². The maximum absolute atomic E-state index is 13.0. The van der Waals surface area contributed by atoms with Crippen molar-refractivity contribution in [1.29, 1.82) is 0 Å². The molecule has 0 aliphatic heterocycles. The molecule has 0 radical (unpaired) electrons. The van der Waals surface area contributed by atoms with Gasteiger partial charge < -0.3 is 5.32 Å². The third-order valence-corrected chi connectivity index (χ3v) is 3.77. The lowest BCUT2D eigenvalue weighted by molar-refractivity contribution is -0.137. The molecular formula is C17H17F3N2. The molecule has 1 aromatic carbocycles. The van der Waals surface area contributed by atoms with Gasteiger partial charge in [0.1, 0.15) is 0 Å². The first kappa shape index (κ1) is 14.9. The highest BCUT2D eigenvalue weighted by atomic mass is 19.4. The molecule has 0 amide bonds. The van der Waals surface area contributed by atoms with Gasteiger partial charge in [-0.2, -0.15) is 13.2 Å². The van der Waals surface area contributed by atoms with Crippen LogP contribution in [-0.4, -0.2) is 11.5 Å². The molecule has 1 heterocycles. The lowest BCUT2D eigenvalue weighted by Gasteiger charge is -2.13. The van der Waals surface area contributed by atoms with E-state index >= 15 is 0 Å². The van der Waals surface area contributed by atoms with E-state index in [1.807, 2.05) is 13.0 Å². The molecule has 1 aromatic heterocycles. The molecule has 1 fully saturated rings. The second kappa shape index (κ2) is 5.63. The van der Waals surface area contributed by atoms with Crippen LogP contribution in [0.25, 0.3) is 11.3 Å². The standard InChI is InChI=1S/C17H17F3N2/c1-2-21-15-8-13(7-14(9-15)17(18,19)20)16-6-5-12(10-22-16)11-3-4-11/h5-11,21H,2-4H2,1H3. The predicted molar refractivity (Wildman–Crippen MR) is 80.8 cm³/mol. The average Bonchev–Trinajstić information content (AvgIpc) is 3.31. The van der Waals surface area contributed by atoms with Gasteiger partial charge in [0.25, 0.3) is 0 Å². The van der Waals surface area contributed by atoms with Crippen molar-refractivity contribution >= 4 is 5.69 Å². The van der Waals surface area contributed by atoms with E-state index in [0.29, 0.717) is 29.4 Å². The van der Waals surface area contributed by atoms with Crippen LogP contribution in [-0.2, 0) is 6.18 Å². The number of pyridine rings is 1. The molecule has 0 bridgehead atoms. The van der Waals surface area contributed by atoms with Crippen molar-refractivity contribution in [2.75, 3.05) is 11.9 Å². The first-order valence-corrected chi connectivity index (χ1v) is 7.40. The minimum Gasteiger partial charge on any atom is -0.385 e. The van der Waals surface area contributed by atoms with E-state index < -0.39 is 11.7 Å². The molecule has 1 saturated carbocycles. The van der Waals surface area contributed by atoms with Gasteiger partial charge in [0.15, 0.2) is 0 Å². The monoisotopic (exact) mass is 306 g/mol. The van der Waals surface area contributed by atoms with E-state index in [2.05, 4.69) is 10.3 Å². The van der Waals surface area contributed by atoms with Crippen molar-refractivity contribution in [2.45, 2.75) is 31.9 Å². The molecule has 1 N–H and O–H groups in total. The Kier molecular flexibility index (Phi) is 3.81. The second-order valence-corrected chi connectivity index (χ2v) is 5.58. The number of anilines is 1. The Bertz CT molecular complexity index is 659. The fourth-order valence-electron chi connectivity index (χ4n) is 2.48. The number of aromatic nitrogens is 1. The summed E-state index contributed by atoms with van der Waals surface area (Å²) in [4.78, 5) is 4.34. The Hall–Kier alpha value is -2.04. The Morgan fingerprint density at radius 1 is 1.18 bits per heavy atom. The van der Waals surface area contributed by atoms with Gasteiger partial charge in [-0.05, 0) is 55.5 Å². The van der Waals surface area contributed by atoms with Crippen LogP contribution in [0.3, 0.4) is 0 Å². The summed E-state index contributed by atoms with van der Waals surface area (Å²) in [5, 5.41) is 2.94. The van der Waals surface area contributed by atoms with Crippen LogP contribution >= 0.6 is 0 Å². The Morgan fingerprint density at radius 2 is 1.95 bits per heavy atom. The number of halogens is 3. The third-order valence-electron chi connectivity index (χ3n) is 3.77. The van der Waals surface area contributed by atoms with Crippen molar-refractivity contribution in [3.8, 4) is 11.3 Å². The SMILES string of the molecule is CCNc1cc(-c2ccc(C3CC3)cn2)cc(C(F)(F)F)c1. The zero-order valence-electron chi connectivity index (χ0n) is 12.2. The fourth-order valence-corrected chi connectivity index (χ4v) is 2.48. The van der Waals surface area contributed by atoms with Crippen LogP contribution in [0.2, 0.25) is 0 Å².